The molecule has 1 aliphatic heterocycles. The van der Waals surface area contributed by atoms with E-state index in [1.54, 1.807) is 24.0 Å². The topological polar surface area (TPSA) is 87.7 Å². The van der Waals surface area contributed by atoms with E-state index in [0.717, 1.165) is 23.2 Å². The summed E-state index contributed by atoms with van der Waals surface area (Å²) >= 11 is 0. The van der Waals surface area contributed by atoms with Crippen LogP contribution in [0.1, 0.15) is 28.4 Å². The summed E-state index contributed by atoms with van der Waals surface area (Å²) in [6.45, 7) is 2.46. The highest BCUT2D eigenvalue weighted by Crippen LogP contribution is 2.30. The largest absolute Gasteiger partial charge is 0.467 e. The van der Waals surface area contributed by atoms with Crippen LogP contribution in [0.2, 0.25) is 0 Å². The molecular weight excluding hydrogens is 358 g/mol. The normalized spacial score (nSPS) is 13.4. The van der Waals surface area contributed by atoms with Crippen LogP contribution in [0.25, 0.3) is 0 Å². The maximum atomic E-state index is 12.8. The van der Waals surface area contributed by atoms with Crippen LogP contribution in [-0.4, -0.2) is 37.6 Å². The molecule has 28 heavy (non-hydrogen) atoms. The van der Waals surface area contributed by atoms with E-state index in [-0.39, 0.29) is 12.5 Å². The zero-order chi connectivity index (χ0) is 20.1. The minimum Gasteiger partial charge on any atom is -0.467 e. The van der Waals surface area contributed by atoms with E-state index in [1.165, 1.54) is 7.11 Å². The van der Waals surface area contributed by atoms with Gasteiger partial charge in [0, 0.05) is 24.3 Å². The summed E-state index contributed by atoms with van der Waals surface area (Å²) in [6.07, 6.45) is 0.804. The quantitative estimate of drug-likeness (QED) is 0.778. The summed E-state index contributed by atoms with van der Waals surface area (Å²) in [5.41, 5.74) is 3.50. The average molecular weight is 381 g/mol. The molecule has 1 aliphatic rings. The molecule has 0 unspecified atom stereocenters. The molecule has 7 heteroatoms. The van der Waals surface area contributed by atoms with Crippen molar-refractivity contribution in [3.8, 4) is 0 Å². The highest BCUT2D eigenvalue weighted by molar-refractivity contribution is 6.07. The summed E-state index contributed by atoms with van der Waals surface area (Å²) in [5.74, 6) is -0.545. The van der Waals surface area contributed by atoms with Crippen molar-refractivity contribution in [3.63, 3.8) is 0 Å². The molecule has 1 heterocycles. The summed E-state index contributed by atoms with van der Waals surface area (Å²) in [5, 5.41) is 5.23. The first-order valence-electron chi connectivity index (χ1n) is 9.10. The van der Waals surface area contributed by atoms with Crippen LogP contribution in [0.15, 0.2) is 48.5 Å². The van der Waals surface area contributed by atoms with E-state index in [9.17, 15) is 14.4 Å². The van der Waals surface area contributed by atoms with Crippen LogP contribution in [0.3, 0.4) is 0 Å². The number of fused-ring (bicyclic) bond motifs is 1. The van der Waals surface area contributed by atoms with Gasteiger partial charge in [0.1, 0.15) is 6.04 Å². The fourth-order valence-electron chi connectivity index (χ4n) is 3.15. The van der Waals surface area contributed by atoms with E-state index in [0.29, 0.717) is 12.1 Å². The molecule has 3 rings (SSSR count). The van der Waals surface area contributed by atoms with Gasteiger partial charge in [-0.15, -0.1) is 0 Å². The molecule has 146 valence electrons. The molecule has 0 radical (unpaired) electrons. The first-order valence-corrected chi connectivity index (χ1v) is 9.10. The highest BCUT2D eigenvalue weighted by Gasteiger charge is 2.25. The molecule has 0 aromatic heterocycles. The first-order chi connectivity index (χ1) is 13.5. The number of nitrogens with zero attached hydrogens (tertiary/aromatic N) is 1. The van der Waals surface area contributed by atoms with Gasteiger partial charge in [0.25, 0.3) is 5.91 Å². The minimum absolute atomic E-state index is 0.0332. The van der Waals surface area contributed by atoms with Gasteiger partial charge in [0.2, 0.25) is 0 Å². The Morgan fingerprint density at radius 3 is 2.61 bits per heavy atom. The molecule has 2 N–H and O–H groups in total. The average Bonchev–Trinajstić information content (AvgIpc) is 3.14. The van der Waals surface area contributed by atoms with Gasteiger partial charge in [0.15, 0.2) is 0 Å². The minimum atomic E-state index is -0.732. The van der Waals surface area contributed by atoms with Gasteiger partial charge in [0.05, 0.1) is 7.11 Å². The number of urea groups is 1. The van der Waals surface area contributed by atoms with Crippen molar-refractivity contribution in [2.45, 2.75) is 25.9 Å². The van der Waals surface area contributed by atoms with Crippen molar-refractivity contribution in [1.82, 2.24) is 10.6 Å². The van der Waals surface area contributed by atoms with E-state index in [1.807, 2.05) is 36.4 Å². The second-order valence-electron chi connectivity index (χ2n) is 6.61. The Bertz CT molecular complexity index is 882. The number of hydrogen-bond acceptors (Lipinski definition) is 4. The summed E-state index contributed by atoms with van der Waals surface area (Å²) in [7, 11) is 1.27. The Morgan fingerprint density at radius 1 is 1.14 bits per heavy atom. The van der Waals surface area contributed by atoms with E-state index < -0.39 is 18.0 Å². The van der Waals surface area contributed by atoms with Crippen molar-refractivity contribution < 1.29 is 19.1 Å². The Hall–Kier alpha value is -3.35. The zero-order valence-electron chi connectivity index (χ0n) is 15.9. The predicted molar refractivity (Wildman–Crippen MR) is 105 cm³/mol. The Balaban J connectivity index is 1.65. The molecule has 1 atom stereocenters. The van der Waals surface area contributed by atoms with Crippen molar-refractivity contribution >= 4 is 23.6 Å². The third-order valence-corrected chi connectivity index (χ3v) is 4.67. The second-order valence-corrected chi connectivity index (χ2v) is 6.61. The second kappa shape index (κ2) is 8.56. The van der Waals surface area contributed by atoms with Crippen LogP contribution in [-0.2, 0) is 22.5 Å². The molecule has 7 nitrogen and oxygen atoms in total. The zero-order valence-corrected chi connectivity index (χ0v) is 15.9. The third-order valence-electron chi connectivity index (χ3n) is 4.67. The van der Waals surface area contributed by atoms with Crippen LogP contribution in [0, 0.1) is 0 Å². The number of ether oxygens (including phenoxy) is 1. The van der Waals surface area contributed by atoms with Gasteiger partial charge in [-0.3, -0.25) is 4.79 Å². The number of amides is 3. The number of hydrogen-bond donors (Lipinski definition) is 2. The number of nitrogens with one attached hydrogen (secondary N) is 2. The highest BCUT2D eigenvalue weighted by atomic mass is 16.5. The molecule has 0 spiro atoms. The smallest absolute Gasteiger partial charge is 0.328 e. The van der Waals surface area contributed by atoms with Gasteiger partial charge in [-0.2, -0.15) is 0 Å². The lowest BCUT2D eigenvalue weighted by atomic mass is 10.1. The molecule has 0 saturated carbocycles. The Labute approximate surface area is 163 Å². The maximum absolute atomic E-state index is 12.8. The summed E-state index contributed by atoms with van der Waals surface area (Å²) < 4.78 is 4.58. The van der Waals surface area contributed by atoms with E-state index in [2.05, 4.69) is 15.4 Å². The SMILES string of the molecule is COC(=O)[C@@H](C)NC(=O)NCc1ccc2c(c1)N(C(=O)c1ccccc1)CC2. The molecule has 3 amide bonds. The van der Waals surface area contributed by atoms with Crippen LogP contribution in [0.5, 0.6) is 0 Å². The number of carbonyl (C=O) groups is 3. The molecular formula is C21H23N3O4. The standard InChI is InChI=1S/C21H23N3O4/c1-14(20(26)28-2)23-21(27)22-13-15-8-9-16-10-11-24(18(16)12-15)19(25)17-6-4-3-5-7-17/h3-9,12,14H,10-11,13H2,1-2H3,(H2,22,23,27)/t14-/m1/s1. The maximum Gasteiger partial charge on any atom is 0.328 e. The molecule has 0 fully saturated rings. The predicted octanol–water partition coefficient (Wildman–Crippen LogP) is 2.25. The number of esters is 1. The summed E-state index contributed by atoms with van der Waals surface area (Å²) in [6, 6.07) is 13.8. The molecule has 2 aromatic carbocycles. The monoisotopic (exact) mass is 381 g/mol. The van der Waals surface area contributed by atoms with Gasteiger partial charge >= 0.3 is 12.0 Å². The van der Waals surface area contributed by atoms with E-state index in [4.69, 9.17) is 0 Å². The fraction of sp³-hybridized carbons (Fsp3) is 0.286. The number of rotatable bonds is 5. The molecule has 0 saturated heterocycles. The van der Waals surface area contributed by atoms with Gasteiger partial charge in [-0.05, 0) is 42.7 Å². The summed E-state index contributed by atoms with van der Waals surface area (Å²) in [4.78, 5) is 37.9. The fourth-order valence-corrected chi connectivity index (χ4v) is 3.15. The Kier molecular flexibility index (Phi) is 5.93. The third kappa shape index (κ3) is 4.31. The van der Waals surface area contributed by atoms with E-state index >= 15 is 0 Å². The van der Waals surface area contributed by atoms with Gasteiger partial charge < -0.3 is 20.3 Å². The van der Waals surface area contributed by atoms with Crippen molar-refractivity contribution in [2.75, 3.05) is 18.6 Å². The number of methoxy groups -OCH3 is 1. The number of carbonyl (C=O) groups excluding carboxylic acids is 3. The molecule has 2 aromatic rings. The lowest BCUT2D eigenvalue weighted by molar-refractivity contribution is -0.142. The van der Waals surface area contributed by atoms with Crippen molar-refractivity contribution in [1.29, 1.82) is 0 Å². The number of anilines is 1. The molecule has 0 aliphatic carbocycles. The lowest BCUT2D eigenvalue weighted by Gasteiger charge is -2.18. The first kappa shape index (κ1) is 19.4. The van der Waals surface area contributed by atoms with Crippen molar-refractivity contribution in [3.05, 3.63) is 65.2 Å². The van der Waals surface area contributed by atoms with Gasteiger partial charge in [-0.1, -0.05) is 30.3 Å². The van der Waals surface area contributed by atoms with Crippen LogP contribution < -0.4 is 15.5 Å². The van der Waals surface area contributed by atoms with Crippen LogP contribution in [0.4, 0.5) is 10.5 Å². The number of benzene rings is 2. The molecule has 0 bridgehead atoms. The Morgan fingerprint density at radius 2 is 1.89 bits per heavy atom. The van der Waals surface area contributed by atoms with Crippen LogP contribution >= 0.6 is 0 Å². The lowest BCUT2D eigenvalue weighted by Crippen LogP contribution is -2.44. The van der Waals surface area contributed by atoms with Gasteiger partial charge in [-0.25, -0.2) is 9.59 Å². The van der Waals surface area contributed by atoms with Crippen molar-refractivity contribution in [2.24, 2.45) is 0 Å².